The van der Waals surface area contributed by atoms with Gasteiger partial charge in [0.15, 0.2) is 5.69 Å². The number of aromatic nitrogens is 3. The molecule has 2 heterocycles. The number of carbonyl (C=O) groups is 2. The molecule has 31 heavy (non-hydrogen) atoms. The summed E-state index contributed by atoms with van der Waals surface area (Å²) in [4.78, 5) is 32.6. The second kappa shape index (κ2) is 9.34. The third kappa shape index (κ3) is 5.52. The number of hydrogen-bond donors (Lipinski definition) is 1. The molecule has 1 N–H and O–H groups in total. The van der Waals surface area contributed by atoms with Gasteiger partial charge in [0.2, 0.25) is 5.91 Å². The first-order chi connectivity index (χ1) is 14.7. The molecule has 0 aliphatic rings. The molecular formula is C23H27N5O2S. The normalized spacial score (nSPS) is 12.5. The van der Waals surface area contributed by atoms with Crippen LogP contribution in [-0.4, -0.2) is 31.9 Å². The summed E-state index contributed by atoms with van der Waals surface area (Å²) in [5.74, 6) is -0.332. The van der Waals surface area contributed by atoms with Crippen molar-refractivity contribution in [2.24, 2.45) is 0 Å². The number of hydrogen-bond acceptors (Lipinski definition) is 6. The molecule has 3 aromatic rings. The van der Waals surface area contributed by atoms with Crippen LogP contribution in [0.25, 0.3) is 0 Å². The predicted molar refractivity (Wildman–Crippen MR) is 122 cm³/mol. The topological polar surface area (TPSA) is 88.1 Å². The second-order valence-corrected chi connectivity index (χ2v) is 9.24. The maximum absolute atomic E-state index is 13.5. The Labute approximate surface area is 186 Å². The van der Waals surface area contributed by atoms with Crippen LogP contribution in [0, 0.1) is 0 Å². The van der Waals surface area contributed by atoms with Crippen LogP contribution < -0.4 is 10.2 Å². The number of rotatable bonds is 6. The fourth-order valence-electron chi connectivity index (χ4n) is 3.19. The van der Waals surface area contributed by atoms with Gasteiger partial charge in [0.05, 0.1) is 0 Å². The molecule has 1 atom stereocenters. The standard InChI is InChI=1S/C23H27N5O2S/c1-15(2)16-6-8-18(9-7-16)28(22(30)19-14-31-27-26-19)20(17-10-12-24-13-11-17)21(29)25-23(3,4)5/h6-15,20H,1-5H3,(H,25,29)/t20-/m1/s1. The first-order valence-corrected chi connectivity index (χ1v) is 10.9. The molecule has 0 fully saturated rings. The van der Waals surface area contributed by atoms with Crippen LogP contribution in [0.15, 0.2) is 54.2 Å². The Hall–Kier alpha value is -3.13. The van der Waals surface area contributed by atoms with E-state index in [1.54, 1.807) is 29.9 Å². The number of benzene rings is 1. The van der Waals surface area contributed by atoms with E-state index in [0.717, 1.165) is 17.1 Å². The minimum atomic E-state index is -0.902. The van der Waals surface area contributed by atoms with Crippen LogP contribution in [0.1, 0.15) is 68.2 Å². The average molecular weight is 438 g/mol. The lowest BCUT2D eigenvalue weighted by molar-refractivity contribution is -0.123. The van der Waals surface area contributed by atoms with Crippen molar-refractivity contribution < 1.29 is 9.59 Å². The molecule has 0 bridgehead atoms. The lowest BCUT2D eigenvalue weighted by Crippen LogP contribution is -2.49. The summed E-state index contributed by atoms with van der Waals surface area (Å²) in [7, 11) is 0. The van der Waals surface area contributed by atoms with Gasteiger partial charge in [-0.2, -0.15) is 0 Å². The van der Waals surface area contributed by atoms with Crippen molar-refractivity contribution >= 4 is 29.0 Å². The van der Waals surface area contributed by atoms with E-state index in [2.05, 4.69) is 33.7 Å². The number of pyridine rings is 1. The number of anilines is 1. The van der Waals surface area contributed by atoms with Gasteiger partial charge in [-0.25, -0.2) is 0 Å². The molecule has 7 nitrogen and oxygen atoms in total. The van der Waals surface area contributed by atoms with Crippen LogP contribution in [0.4, 0.5) is 5.69 Å². The highest BCUT2D eigenvalue weighted by Gasteiger charge is 2.35. The van der Waals surface area contributed by atoms with E-state index in [1.807, 2.05) is 45.0 Å². The van der Waals surface area contributed by atoms with E-state index in [0.29, 0.717) is 17.2 Å². The van der Waals surface area contributed by atoms with Crippen LogP contribution in [0.3, 0.4) is 0 Å². The van der Waals surface area contributed by atoms with Crippen LogP contribution in [0.2, 0.25) is 0 Å². The van der Waals surface area contributed by atoms with Gasteiger partial charge in [-0.3, -0.25) is 19.5 Å². The van der Waals surface area contributed by atoms with Gasteiger partial charge in [0.1, 0.15) is 6.04 Å². The molecule has 0 spiro atoms. The summed E-state index contributed by atoms with van der Waals surface area (Å²) < 4.78 is 3.83. The van der Waals surface area contributed by atoms with E-state index in [9.17, 15) is 9.59 Å². The Morgan fingerprint density at radius 2 is 1.65 bits per heavy atom. The minimum Gasteiger partial charge on any atom is -0.349 e. The summed E-state index contributed by atoms with van der Waals surface area (Å²) >= 11 is 1.09. The van der Waals surface area contributed by atoms with Crippen molar-refractivity contribution in [3.05, 3.63) is 71.0 Å². The summed E-state index contributed by atoms with van der Waals surface area (Å²) in [6.45, 7) is 9.93. The Balaban J connectivity index is 2.14. The summed E-state index contributed by atoms with van der Waals surface area (Å²) in [5, 5.41) is 8.55. The van der Waals surface area contributed by atoms with Gasteiger partial charge >= 0.3 is 0 Å². The van der Waals surface area contributed by atoms with Crippen molar-refractivity contribution in [2.45, 2.75) is 52.1 Å². The molecule has 8 heteroatoms. The fourth-order valence-corrected chi connectivity index (χ4v) is 3.62. The number of nitrogens with one attached hydrogen (secondary N) is 1. The fraction of sp³-hybridized carbons (Fsp3) is 0.348. The molecule has 0 unspecified atom stereocenters. The molecular weight excluding hydrogens is 410 g/mol. The molecule has 0 aliphatic heterocycles. The first kappa shape index (κ1) is 22.6. The highest BCUT2D eigenvalue weighted by molar-refractivity contribution is 7.03. The van der Waals surface area contributed by atoms with Gasteiger partial charge in [-0.1, -0.05) is 30.5 Å². The van der Waals surface area contributed by atoms with Crippen molar-refractivity contribution in [3.8, 4) is 0 Å². The molecule has 0 aliphatic carbocycles. The molecule has 2 aromatic heterocycles. The molecule has 0 saturated heterocycles. The van der Waals surface area contributed by atoms with Gasteiger partial charge in [-0.05, 0) is 73.6 Å². The molecule has 0 radical (unpaired) electrons. The van der Waals surface area contributed by atoms with E-state index in [1.165, 1.54) is 4.90 Å². The Morgan fingerprint density at radius 3 is 2.16 bits per heavy atom. The second-order valence-electron chi connectivity index (χ2n) is 8.63. The number of carbonyl (C=O) groups excluding carboxylic acids is 2. The predicted octanol–water partition coefficient (Wildman–Crippen LogP) is 4.36. The van der Waals surface area contributed by atoms with Gasteiger partial charge in [0.25, 0.3) is 5.91 Å². The SMILES string of the molecule is CC(C)c1ccc(N(C(=O)c2csnn2)[C@@H](C(=O)NC(C)(C)C)c2ccncc2)cc1. The summed E-state index contributed by atoms with van der Waals surface area (Å²) in [6.07, 6.45) is 3.23. The largest absolute Gasteiger partial charge is 0.349 e. The smallest absolute Gasteiger partial charge is 0.280 e. The maximum Gasteiger partial charge on any atom is 0.280 e. The van der Waals surface area contributed by atoms with Gasteiger partial charge < -0.3 is 5.32 Å². The highest BCUT2D eigenvalue weighted by atomic mass is 32.1. The zero-order valence-electron chi connectivity index (χ0n) is 18.4. The number of amides is 2. The van der Waals surface area contributed by atoms with Crippen LogP contribution >= 0.6 is 11.5 Å². The van der Waals surface area contributed by atoms with Crippen molar-refractivity contribution in [1.29, 1.82) is 0 Å². The van der Waals surface area contributed by atoms with Crippen LogP contribution in [-0.2, 0) is 4.79 Å². The highest BCUT2D eigenvalue weighted by Crippen LogP contribution is 2.31. The lowest BCUT2D eigenvalue weighted by atomic mass is 9.99. The summed E-state index contributed by atoms with van der Waals surface area (Å²) in [6, 6.07) is 10.3. The molecule has 2 amide bonds. The van der Waals surface area contributed by atoms with Crippen molar-refractivity contribution in [2.75, 3.05) is 4.90 Å². The zero-order valence-corrected chi connectivity index (χ0v) is 19.2. The molecule has 0 saturated carbocycles. The Morgan fingerprint density at radius 1 is 1.00 bits per heavy atom. The van der Waals surface area contributed by atoms with Crippen LogP contribution in [0.5, 0.6) is 0 Å². The molecule has 1 aromatic carbocycles. The molecule has 162 valence electrons. The maximum atomic E-state index is 13.5. The van der Waals surface area contributed by atoms with E-state index in [4.69, 9.17) is 0 Å². The first-order valence-electron chi connectivity index (χ1n) is 10.1. The minimum absolute atomic E-state index is 0.195. The Bertz CT molecular complexity index is 1010. The van der Waals surface area contributed by atoms with Gasteiger partial charge in [-0.15, -0.1) is 5.10 Å². The monoisotopic (exact) mass is 437 g/mol. The quantitative estimate of drug-likeness (QED) is 0.619. The Kier molecular flexibility index (Phi) is 6.80. The van der Waals surface area contributed by atoms with Crippen molar-refractivity contribution in [1.82, 2.24) is 19.9 Å². The van der Waals surface area contributed by atoms with Gasteiger partial charge in [0, 0.05) is 29.0 Å². The van der Waals surface area contributed by atoms with Crippen molar-refractivity contribution in [3.63, 3.8) is 0 Å². The lowest BCUT2D eigenvalue weighted by Gasteiger charge is -2.33. The molecule has 3 rings (SSSR count). The summed E-state index contributed by atoms with van der Waals surface area (Å²) in [5.41, 5.74) is 2.13. The third-order valence-electron chi connectivity index (χ3n) is 4.66. The van der Waals surface area contributed by atoms with E-state index < -0.39 is 17.5 Å². The number of nitrogens with zero attached hydrogens (tertiary/aromatic N) is 4. The third-order valence-corrected chi connectivity index (χ3v) is 5.17. The zero-order chi connectivity index (χ0) is 22.6. The van der Waals surface area contributed by atoms with E-state index >= 15 is 0 Å². The average Bonchev–Trinajstić information content (AvgIpc) is 3.26. The van der Waals surface area contributed by atoms with E-state index in [-0.39, 0.29) is 11.6 Å².